The summed E-state index contributed by atoms with van der Waals surface area (Å²) in [5.41, 5.74) is 0.811. The highest BCUT2D eigenvalue weighted by Crippen LogP contribution is 2.31. The Bertz CT molecular complexity index is 602. The van der Waals surface area contributed by atoms with Crippen molar-refractivity contribution in [2.75, 3.05) is 25.0 Å². The van der Waals surface area contributed by atoms with Crippen molar-refractivity contribution in [3.05, 3.63) is 24.3 Å². The Morgan fingerprint density at radius 3 is 3.00 bits per heavy atom. The van der Waals surface area contributed by atoms with E-state index in [9.17, 15) is 4.79 Å². The first-order chi connectivity index (χ1) is 11.5. The largest absolute Gasteiger partial charge is 0.376 e. The molecule has 0 spiro atoms. The predicted octanol–water partition coefficient (Wildman–Crippen LogP) is 3.13. The Labute approximate surface area is 148 Å². The number of para-hydroxylation sites is 1. The fourth-order valence-electron chi connectivity index (χ4n) is 2.63. The lowest BCUT2D eigenvalue weighted by Gasteiger charge is -2.36. The van der Waals surface area contributed by atoms with Crippen LogP contribution in [0.2, 0.25) is 0 Å². The van der Waals surface area contributed by atoms with Crippen LogP contribution in [-0.4, -0.2) is 47.9 Å². The second kappa shape index (κ2) is 9.07. The van der Waals surface area contributed by atoms with E-state index in [4.69, 9.17) is 10.00 Å². The van der Waals surface area contributed by atoms with E-state index in [2.05, 4.69) is 23.2 Å². The Morgan fingerprint density at radius 2 is 2.25 bits per heavy atom. The molecule has 1 heterocycles. The molecule has 3 atom stereocenters. The summed E-state index contributed by atoms with van der Waals surface area (Å²) in [6, 6.07) is 10.2. The van der Waals surface area contributed by atoms with Crippen LogP contribution in [0.5, 0.6) is 0 Å². The van der Waals surface area contributed by atoms with Crippen molar-refractivity contribution in [1.29, 1.82) is 5.26 Å². The SMILES string of the molecule is C[C@@H]1CN(CC(=O)Nc2ccccc2S[C@@H](C)CC#N)[C@@H](C)CO1. The van der Waals surface area contributed by atoms with Gasteiger partial charge in [0.25, 0.3) is 0 Å². The Morgan fingerprint density at radius 1 is 1.50 bits per heavy atom. The van der Waals surface area contributed by atoms with Gasteiger partial charge in [-0.2, -0.15) is 5.26 Å². The molecule has 1 aromatic rings. The highest BCUT2D eigenvalue weighted by molar-refractivity contribution is 8.00. The molecule has 1 aromatic carbocycles. The van der Waals surface area contributed by atoms with Crippen LogP contribution in [0.3, 0.4) is 0 Å². The number of nitriles is 1. The number of carbonyl (C=O) groups is 1. The van der Waals surface area contributed by atoms with Crippen LogP contribution in [0.1, 0.15) is 27.2 Å². The van der Waals surface area contributed by atoms with Crippen LogP contribution in [0, 0.1) is 11.3 Å². The summed E-state index contributed by atoms with van der Waals surface area (Å²) >= 11 is 1.61. The summed E-state index contributed by atoms with van der Waals surface area (Å²) in [5.74, 6) is -0.0167. The van der Waals surface area contributed by atoms with Gasteiger partial charge < -0.3 is 10.1 Å². The minimum atomic E-state index is -0.0167. The number of ether oxygens (including phenoxy) is 1. The Kier molecular flexibility index (Phi) is 7.10. The van der Waals surface area contributed by atoms with Crippen LogP contribution in [0.15, 0.2) is 29.2 Å². The molecule has 0 bridgehead atoms. The van der Waals surface area contributed by atoms with Crippen LogP contribution >= 0.6 is 11.8 Å². The number of carbonyl (C=O) groups excluding carboxylic acids is 1. The summed E-state index contributed by atoms with van der Waals surface area (Å²) in [6.45, 7) is 7.91. The maximum absolute atomic E-state index is 12.4. The molecule has 1 amide bonds. The molecule has 1 N–H and O–H groups in total. The molecule has 0 aliphatic carbocycles. The molecule has 0 aromatic heterocycles. The smallest absolute Gasteiger partial charge is 0.238 e. The van der Waals surface area contributed by atoms with Gasteiger partial charge in [-0.1, -0.05) is 19.1 Å². The number of anilines is 1. The molecule has 6 heteroatoms. The van der Waals surface area contributed by atoms with Gasteiger partial charge in [-0.3, -0.25) is 9.69 Å². The molecule has 1 fully saturated rings. The first-order valence-corrected chi connectivity index (χ1v) is 9.15. The molecular formula is C18H25N3O2S. The lowest BCUT2D eigenvalue weighted by Crippen LogP contribution is -2.50. The van der Waals surface area contributed by atoms with Crippen LogP contribution < -0.4 is 5.32 Å². The number of nitrogens with one attached hydrogen (secondary N) is 1. The van der Waals surface area contributed by atoms with Gasteiger partial charge in [0.15, 0.2) is 0 Å². The third-order valence-corrected chi connectivity index (χ3v) is 5.13. The lowest BCUT2D eigenvalue weighted by atomic mass is 10.2. The van der Waals surface area contributed by atoms with Crippen molar-refractivity contribution in [1.82, 2.24) is 4.90 Å². The maximum Gasteiger partial charge on any atom is 0.238 e. The molecule has 2 rings (SSSR count). The average Bonchev–Trinajstić information content (AvgIpc) is 2.53. The van der Waals surface area contributed by atoms with E-state index in [0.717, 1.165) is 17.1 Å². The molecule has 1 aliphatic heterocycles. The number of nitrogens with zero attached hydrogens (tertiary/aromatic N) is 2. The first kappa shape index (κ1) is 18.8. The zero-order chi connectivity index (χ0) is 17.5. The molecule has 130 valence electrons. The number of hydrogen-bond donors (Lipinski definition) is 1. The van der Waals surface area contributed by atoms with Crippen molar-refractivity contribution in [3.8, 4) is 6.07 Å². The second-order valence-corrected chi connectivity index (χ2v) is 7.74. The number of thioether (sulfide) groups is 1. The third kappa shape index (κ3) is 5.52. The minimum Gasteiger partial charge on any atom is -0.376 e. The number of rotatable bonds is 6. The fourth-order valence-corrected chi connectivity index (χ4v) is 3.62. The second-order valence-electron chi connectivity index (χ2n) is 6.26. The van der Waals surface area contributed by atoms with E-state index in [1.807, 2.05) is 38.1 Å². The molecule has 0 saturated carbocycles. The van der Waals surface area contributed by atoms with Gasteiger partial charge in [-0.25, -0.2) is 0 Å². The fraction of sp³-hybridized carbons (Fsp3) is 0.556. The van der Waals surface area contributed by atoms with E-state index in [0.29, 0.717) is 19.6 Å². The van der Waals surface area contributed by atoms with Crippen molar-refractivity contribution in [2.24, 2.45) is 0 Å². The van der Waals surface area contributed by atoms with E-state index in [-0.39, 0.29) is 23.3 Å². The highest BCUT2D eigenvalue weighted by atomic mass is 32.2. The highest BCUT2D eigenvalue weighted by Gasteiger charge is 2.25. The molecule has 0 radical (unpaired) electrons. The number of benzene rings is 1. The van der Waals surface area contributed by atoms with Gasteiger partial charge >= 0.3 is 0 Å². The number of hydrogen-bond acceptors (Lipinski definition) is 5. The summed E-state index contributed by atoms with van der Waals surface area (Å²) in [4.78, 5) is 15.6. The van der Waals surface area contributed by atoms with Gasteiger partial charge in [-0.05, 0) is 26.0 Å². The van der Waals surface area contributed by atoms with E-state index in [1.165, 1.54) is 0 Å². The van der Waals surface area contributed by atoms with E-state index in [1.54, 1.807) is 11.8 Å². The zero-order valence-electron chi connectivity index (χ0n) is 14.5. The van der Waals surface area contributed by atoms with E-state index >= 15 is 0 Å². The lowest BCUT2D eigenvalue weighted by molar-refractivity contribution is -0.121. The van der Waals surface area contributed by atoms with Crippen LogP contribution in [0.4, 0.5) is 5.69 Å². The normalized spacial score (nSPS) is 22.6. The molecule has 1 aliphatic rings. The van der Waals surface area contributed by atoms with Gasteiger partial charge in [-0.15, -0.1) is 11.8 Å². The molecular weight excluding hydrogens is 322 g/mol. The quantitative estimate of drug-likeness (QED) is 0.801. The summed E-state index contributed by atoms with van der Waals surface area (Å²) in [6.07, 6.45) is 0.638. The third-order valence-electron chi connectivity index (χ3n) is 3.95. The van der Waals surface area contributed by atoms with Gasteiger partial charge in [0.2, 0.25) is 5.91 Å². The minimum absolute atomic E-state index is 0.0167. The number of morpholine rings is 1. The zero-order valence-corrected chi connectivity index (χ0v) is 15.3. The molecule has 0 unspecified atom stereocenters. The van der Waals surface area contributed by atoms with Crippen LogP contribution in [0.25, 0.3) is 0 Å². The Hall–Kier alpha value is -1.55. The standard InChI is InChI=1S/C18H25N3O2S/c1-13-12-23-14(2)10-21(13)11-18(22)20-16-6-4-5-7-17(16)24-15(3)8-9-19/h4-7,13-15H,8,10-12H2,1-3H3,(H,20,22)/t13-,14+,15-/m0/s1. The topological polar surface area (TPSA) is 65.4 Å². The van der Waals surface area contributed by atoms with Crippen molar-refractivity contribution in [3.63, 3.8) is 0 Å². The molecule has 1 saturated heterocycles. The monoisotopic (exact) mass is 347 g/mol. The summed E-state index contributed by atoms with van der Waals surface area (Å²) in [7, 11) is 0. The van der Waals surface area contributed by atoms with Crippen molar-refractivity contribution in [2.45, 2.75) is 49.5 Å². The van der Waals surface area contributed by atoms with Crippen molar-refractivity contribution >= 4 is 23.4 Å². The number of amides is 1. The Balaban J connectivity index is 1.97. The summed E-state index contributed by atoms with van der Waals surface area (Å²) in [5, 5.41) is 12.0. The van der Waals surface area contributed by atoms with Gasteiger partial charge in [0.05, 0.1) is 31.0 Å². The molecule has 5 nitrogen and oxygen atoms in total. The maximum atomic E-state index is 12.4. The summed E-state index contributed by atoms with van der Waals surface area (Å²) < 4.78 is 5.60. The first-order valence-electron chi connectivity index (χ1n) is 8.27. The van der Waals surface area contributed by atoms with Gasteiger partial charge in [0, 0.05) is 29.2 Å². The predicted molar refractivity (Wildman–Crippen MR) is 97.1 cm³/mol. The average molecular weight is 347 g/mol. The van der Waals surface area contributed by atoms with Crippen LogP contribution in [-0.2, 0) is 9.53 Å². The van der Waals surface area contributed by atoms with Gasteiger partial charge in [0.1, 0.15) is 0 Å². The molecule has 24 heavy (non-hydrogen) atoms. The van der Waals surface area contributed by atoms with Crippen molar-refractivity contribution < 1.29 is 9.53 Å². The van der Waals surface area contributed by atoms with E-state index < -0.39 is 0 Å².